The summed E-state index contributed by atoms with van der Waals surface area (Å²) in [6.07, 6.45) is 1.98. The largest absolute Gasteiger partial charge is 0.477 e. The Balaban J connectivity index is 1.55. The molecule has 0 radical (unpaired) electrons. The van der Waals surface area contributed by atoms with Gasteiger partial charge in [-0.25, -0.2) is 9.78 Å². The number of amides is 1. The molecule has 2 fully saturated rings. The number of anilines is 1. The van der Waals surface area contributed by atoms with Gasteiger partial charge in [-0.05, 0) is 74.8 Å². The van der Waals surface area contributed by atoms with Crippen LogP contribution in [0.1, 0.15) is 99.2 Å². The molecule has 0 bridgehead atoms. The van der Waals surface area contributed by atoms with Crippen molar-refractivity contribution in [3.8, 4) is 5.88 Å². The van der Waals surface area contributed by atoms with Crippen molar-refractivity contribution in [3.63, 3.8) is 0 Å². The molecular weight excluding hydrogens is 529 g/mol. The minimum absolute atomic E-state index is 0.00330. The molecule has 6 nitrogen and oxygen atoms in total. The summed E-state index contributed by atoms with van der Waals surface area (Å²) in [6, 6.07) is 3.88. The van der Waals surface area contributed by atoms with Gasteiger partial charge in [0.25, 0.3) is 0 Å². The van der Waals surface area contributed by atoms with Gasteiger partial charge in [-0.1, -0.05) is 27.7 Å². The molecule has 2 heterocycles. The number of nitrogens with zero attached hydrogens (tertiary/aromatic N) is 2. The molecule has 39 heavy (non-hydrogen) atoms. The number of aromatic nitrogens is 1. The van der Waals surface area contributed by atoms with Crippen molar-refractivity contribution in [2.24, 2.45) is 11.8 Å². The normalized spacial score (nSPS) is 24.3. The first-order chi connectivity index (χ1) is 18.2. The van der Waals surface area contributed by atoms with Crippen molar-refractivity contribution >= 4 is 28.9 Å². The highest BCUT2D eigenvalue weighted by atomic mass is 32.1. The van der Waals surface area contributed by atoms with E-state index in [0.717, 1.165) is 42.8 Å². The summed E-state index contributed by atoms with van der Waals surface area (Å²) in [5, 5.41) is 10.1. The van der Waals surface area contributed by atoms with Gasteiger partial charge in [-0.15, -0.1) is 11.3 Å². The standard InChI is InChI=1S/C29H37F3N2O4S/c1-17-5-7-18(8-6-17)26(35)34(22-15-23(28(2,3)4)39-25(22)27(36)37)20-10-12-21(13-11-20)38-24-14-9-19(16-33-24)29(30,31)32/h9,14-18,20-21H,5-8,10-13H2,1-4H3,(H,36,37). The van der Waals surface area contributed by atoms with E-state index in [1.165, 1.54) is 17.4 Å². The molecule has 2 aromatic heterocycles. The molecule has 214 valence electrons. The average molecular weight is 567 g/mol. The van der Waals surface area contributed by atoms with Crippen LogP contribution < -0.4 is 9.64 Å². The first kappa shape index (κ1) is 29.4. The van der Waals surface area contributed by atoms with Gasteiger partial charge in [0.2, 0.25) is 11.8 Å². The number of aromatic carboxylic acids is 1. The van der Waals surface area contributed by atoms with E-state index in [9.17, 15) is 27.9 Å². The minimum atomic E-state index is -4.46. The van der Waals surface area contributed by atoms with Crippen LogP contribution in [-0.4, -0.2) is 34.1 Å². The third-order valence-electron chi connectivity index (χ3n) is 7.87. The summed E-state index contributed by atoms with van der Waals surface area (Å²) in [6.45, 7) is 8.28. The molecule has 2 aliphatic rings. The second-order valence-electron chi connectivity index (χ2n) is 12.0. The molecule has 1 amide bonds. The van der Waals surface area contributed by atoms with Crippen LogP contribution in [0.15, 0.2) is 24.4 Å². The lowest BCUT2D eigenvalue weighted by molar-refractivity contribution is -0.137. The molecule has 0 saturated heterocycles. The zero-order chi connectivity index (χ0) is 28.5. The van der Waals surface area contributed by atoms with Crippen molar-refractivity contribution in [1.29, 1.82) is 0 Å². The minimum Gasteiger partial charge on any atom is -0.477 e. The fraction of sp³-hybridized carbons (Fsp3) is 0.621. The topological polar surface area (TPSA) is 79.7 Å². The monoisotopic (exact) mass is 566 g/mol. The Morgan fingerprint density at radius 3 is 2.18 bits per heavy atom. The molecule has 1 N–H and O–H groups in total. The number of ether oxygens (including phenoxy) is 1. The molecule has 0 atom stereocenters. The number of carboxylic acid groups (broad SMARTS) is 1. The summed E-state index contributed by atoms with van der Waals surface area (Å²) >= 11 is 1.23. The first-order valence-electron chi connectivity index (χ1n) is 13.6. The Morgan fingerprint density at radius 2 is 1.67 bits per heavy atom. The zero-order valence-corrected chi connectivity index (χ0v) is 23.7. The third-order valence-corrected chi connectivity index (χ3v) is 9.41. The van der Waals surface area contributed by atoms with Gasteiger partial charge in [0.05, 0.1) is 11.3 Å². The molecule has 2 aliphatic carbocycles. The lowest BCUT2D eigenvalue weighted by Crippen LogP contribution is -2.47. The maximum absolute atomic E-state index is 14.0. The molecule has 2 aromatic rings. The van der Waals surface area contributed by atoms with E-state index in [1.54, 1.807) is 4.90 Å². The van der Waals surface area contributed by atoms with Gasteiger partial charge in [0.1, 0.15) is 11.0 Å². The average Bonchev–Trinajstić information content (AvgIpc) is 3.31. The number of rotatable bonds is 6. The second kappa shape index (κ2) is 11.5. The highest BCUT2D eigenvalue weighted by Crippen LogP contribution is 2.42. The third kappa shape index (κ3) is 6.94. The summed E-state index contributed by atoms with van der Waals surface area (Å²) in [5.41, 5.74) is -0.610. The van der Waals surface area contributed by atoms with E-state index in [1.807, 2.05) is 26.8 Å². The predicted molar refractivity (Wildman–Crippen MR) is 144 cm³/mol. The highest BCUT2D eigenvalue weighted by Gasteiger charge is 2.39. The smallest absolute Gasteiger partial charge is 0.417 e. The molecule has 0 unspecified atom stereocenters. The van der Waals surface area contributed by atoms with Gasteiger partial charge < -0.3 is 14.7 Å². The second-order valence-corrected chi connectivity index (χ2v) is 13.0. The predicted octanol–water partition coefficient (Wildman–Crippen LogP) is 7.71. The van der Waals surface area contributed by atoms with Crippen molar-refractivity contribution in [3.05, 3.63) is 39.7 Å². The van der Waals surface area contributed by atoms with Crippen LogP contribution in [0.3, 0.4) is 0 Å². The number of thiophene rings is 1. The number of carbonyl (C=O) groups excluding carboxylic acids is 1. The number of carboxylic acids is 1. The number of halogens is 3. The van der Waals surface area contributed by atoms with Gasteiger partial charge in [0.15, 0.2) is 0 Å². The Kier molecular flexibility index (Phi) is 8.64. The zero-order valence-electron chi connectivity index (χ0n) is 22.9. The van der Waals surface area contributed by atoms with Crippen LogP contribution in [0.4, 0.5) is 18.9 Å². The number of hydrogen-bond donors (Lipinski definition) is 1. The molecule has 2 saturated carbocycles. The van der Waals surface area contributed by atoms with Gasteiger partial charge in [0, 0.05) is 29.1 Å². The number of carbonyl (C=O) groups is 2. The molecule has 0 spiro atoms. The maximum atomic E-state index is 14.0. The van der Waals surface area contributed by atoms with Gasteiger partial charge in [-0.3, -0.25) is 4.79 Å². The number of alkyl halides is 3. The molecule has 4 rings (SSSR count). The van der Waals surface area contributed by atoms with Crippen molar-refractivity contribution in [2.45, 2.75) is 103 Å². The fourth-order valence-electron chi connectivity index (χ4n) is 5.49. The Morgan fingerprint density at radius 1 is 1.03 bits per heavy atom. The fourth-order valence-corrected chi connectivity index (χ4v) is 6.54. The molecular formula is C29H37F3N2O4S. The van der Waals surface area contributed by atoms with Crippen LogP contribution in [0.2, 0.25) is 0 Å². The van der Waals surface area contributed by atoms with Crippen LogP contribution in [0.5, 0.6) is 5.88 Å². The first-order valence-corrected chi connectivity index (χ1v) is 14.5. The summed E-state index contributed by atoms with van der Waals surface area (Å²) < 4.78 is 44.4. The quantitative estimate of drug-likeness (QED) is 0.387. The maximum Gasteiger partial charge on any atom is 0.417 e. The lowest BCUT2D eigenvalue weighted by Gasteiger charge is -2.39. The summed E-state index contributed by atoms with van der Waals surface area (Å²) in [7, 11) is 0. The van der Waals surface area contributed by atoms with Crippen molar-refractivity contribution in [2.75, 3.05) is 4.90 Å². The van der Waals surface area contributed by atoms with E-state index in [0.29, 0.717) is 37.3 Å². The highest BCUT2D eigenvalue weighted by molar-refractivity contribution is 7.14. The van der Waals surface area contributed by atoms with Crippen molar-refractivity contribution < 1.29 is 32.6 Å². The van der Waals surface area contributed by atoms with E-state index >= 15 is 0 Å². The van der Waals surface area contributed by atoms with E-state index in [2.05, 4.69) is 11.9 Å². The molecule has 0 aliphatic heterocycles. The Hall–Kier alpha value is -2.62. The van der Waals surface area contributed by atoms with Crippen LogP contribution in [-0.2, 0) is 16.4 Å². The van der Waals surface area contributed by atoms with Crippen molar-refractivity contribution in [1.82, 2.24) is 4.98 Å². The Labute approximate surface area is 231 Å². The number of hydrogen-bond acceptors (Lipinski definition) is 5. The van der Waals surface area contributed by atoms with E-state index in [-0.39, 0.29) is 40.1 Å². The van der Waals surface area contributed by atoms with Crippen LogP contribution >= 0.6 is 11.3 Å². The molecule has 10 heteroatoms. The Bertz CT molecular complexity index is 1160. The van der Waals surface area contributed by atoms with Crippen LogP contribution in [0.25, 0.3) is 0 Å². The van der Waals surface area contributed by atoms with E-state index in [4.69, 9.17) is 4.74 Å². The van der Waals surface area contributed by atoms with Gasteiger partial charge in [-0.2, -0.15) is 13.2 Å². The SMILES string of the molecule is CC1CCC(C(=O)N(c2cc(C(C)(C)C)sc2C(=O)O)C2CCC(Oc3ccc(C(F)(F)F)cn3)CC2)CC1. The summed E-state index contributed by atoms with van der Waals surface area (Å²) in [5.74, 6) is -0.456. The van der Waals surface area contributed by atoms with Gasteiger partial charge >= 0.3 is 12.1 Å². The van der Waals surface area contributed by atoms with Crippen LogP contribution in [0, 0.1) is 11.8 Å². The summed E-state index contributed by atoms with van der Waals surface area (Å²) in [4.78, 5) is 33.0. The van der Waals surface area contributed by atoms with E-state index < -0.39 is 17.7 Å². The molecule has 0 aromatic carbocycles. The lowest BCUT2D eigenvalue weighted by atomic mass is 9.81. The number of pyridine rings is 1.